The molecule has 0 bridgehead atoms. The molecule has 1 saturated heterocycles. The summed E-state index contributed by atoms with van der Waals surface area (Å²) in [5, 5.41) is 0.676. The Labute approximate surface area is 107 Å². The van der Waals surface area contributed by atoms with Gasteiger partial charge in [-0.15, -0.1) is 0 Å². The van der Waals surface area contributed by atoms with E-state index in [0.717, 1.165) is 18.0 Å². The van der Waals surface area contributed by atoms with Crippen LogP contribution in [0.1, 0.15) is 26.2 Å². The maximum Gasteiger partial charge on any atom is 0.145 e. The predicted molar refractivity (Wildman–Crippen MR) is 73.1 cm³/mol. The van der Waals surface area contributed by atoms with Crippen LogP contribution in [0.2, 0.25) is 5.02 Å². The van der Waals surface area contributed by atoms with Crippen molar-refractivity contribution in [2.45, 2.75) is 32.2 Å². The summed E-state index contributed by atoms with van der Waals surface area (Å²) in [5.41, 5.74) is 7.41. The van der Waals surface area contributed by atoms with Crippen molar-refractivity contribution in [1.29, 1.82) is 0 Å². The van der Waals surface area contributed by atoms with Crippen molar-refractivity contribution in [1.82, 2.24) is 0 Å². The van der Waals surface area contributed by atoms with Crippen LogP contribution in [0.5, 0.6) is 5.75 Å². The molecule has 1 aromatic rings. The molecule has 3 nitrogen and oxygen atoms in total. The number of benzene rings is 1. The summed E-state index contributed by atoms with van der Waals surface area (Å²) in [4.78, 5) is 2.32. The first-order valence-corrected chi connectivity index (χ1v) is 6.41. The molecule has 2 N–H and O–H groups in total. The molecular formula is C13H19ClN2O. The zero-order valence-electron chi connectivity index (χ0n) is 10.4. The topological polar surface area (TPSA) is 38.5 Å². The van der Waals surface area contributed by atoms with E-state index in [4.69, 9.17) is 22.1 Å². The molecule has 1 atom stereocenters. The van der Waals surface area contributed by atoms with E-state index in [2.05, 4.69) is 11.8 Å². The lowest BCUT2D eigenvalue weighted by molar-refractivity contribution is 0.408. The van der Waals surface area contributed by atoms with Gasteiger partial charge in [0.15, 0.2) is 0 Å². The SMILES string of the molecule is COc1cc(N)cc(Cl)c1N1CCCC[C@@H]1C. The molecule has 0 spiro atoms. The van der Waals surface area contributed by atoms with Crippen LogP contribution in [0.3, 0.4) is 0 Å². The maximum absolute atomic E-state index is 6.31. The number of halogens is 1. The van der Waals surface area contributed by atoms with Crippen LogP contribution in [0, 0.1) is 0 Å². The molecule has 1 aromatic carbocycles. The minimum atomic E-state index is 0.499. The number of nitrogen functional groups attached to an aromatic ring is 1. The Balaban J connectivity index is 2.42. The van der Waals surface area contributed by atoms with Crippen LogP contribution in [-0.2, 0) is 0 Å². The minimum absolute atomic E-state index is 0.499. The third-order valence-electron chi connectivity index (χ3n) is 3.36. The number of anilines is 2. The lowest BCUT2D eigenvalue weighted by Crippen LogP contribution is -2.37. The average Bonchev–Trinajstić information content (AvgIpc) is 2.29. The maximum atomic E-state index is 6.31. The first-order chi connectivity index (χ1) is 8.13. The average molecular weight is 255 g/mol. The fourth-order valence-corrected chi connectivity index (χ4v) is 2.79. The Morgan fingerprint density at radius 1 is 1.41 bits per heavy atom. The quantitative estimate of drug-likeness (QED) is 0.823. The highest BCUT2D eigenvalue weighted by molar-refractivity contribution is 6.34. The van der Waals surface area contributed by atoms with Crippen molar-refractivity contribution in [2.75, 3.05) is 24.3 Å². The minimum Gasteiger partial charge on any atom is -0.494 e. The highest BCUT2D eigenvalue weighted by atomic mass is 35.5. The van der Waals surface area contributed by atoms with Gasteiger partial charge in [0.25, 0.3) is 0 Å². The third-order valence-corrected chi connectivity index (χ3v) is 3.65. The van der Waals surface area contributed by atoms with Gasteiger partial charge in [0.1, 0.15) is 5.75 Å². The fourth-order valence-electron chi connectivity index (χ4n) is 2.46. The second-order valence-corrected chi connectivity index (χ2v) is 5.00. The number of nitrogens with two attached hydrogens (primary N) is 1. The first-order valence-electron chi connectivity index (χ1n) is 6.03. The van der Waals surface area contributed by atoms with Gasteiger partial charge < -0.3 is 15.4 Å². The third kappa shape index (κ3) is 2.44. The lowest BCUT2D eigenvalue weighted by Gasteiger charge is -2.36. The van der Waals surface area contributed by atoms with E-state index in [1.807, 2.05) is 6.07 Å². The highest BCUT2D eigenvalue weighted by Crippen LogP contribution is 2.40. The van der Waals surface area contributed by atoms with Gasteiger partial charge in [-0.1, -0.05) is 11.6 Å². The van der Waals surface area contributed by atoms with E-state index in [1.165, 1.54) is 19.3 Å². The predicted octanol–water partition coefficient (Wildman–Crippen LogP) is 3.31. The highest BCUT2D eigenvalue weighted by Gasteiger charge is 2.24. The van der Waals surface area contributed by atoms with Gasteiger partial charge in [0, 0.05) is 24.3 Å². The van der Waals surface area contributed by atoms with E-state index < -0.39 is 0 Å². The second-order valence-electron chi connectivity index (χ2n) is 4.59. The Hall–Kier alpha value is -1.09. The molecule has 1 aliphatic rings. The molecule has 1 fully saturated rings. The molecule has 0 aromatic heterocycles. The molecule has 17 heavy (non-hydrogen) atoms. The molecule has 4 heteroatoms. The van der Waals surface area contributed by atoms with Crippen LogP contribution in [-0.4, -0.2) is 19.7 Å². The van der Waals surface area contributed by atoms with Gasteiger partial charge >= 0.3 is 0 Å². The van der Waals surface area contributed by atoms with Crippen molar-refractivity contribution in [3.8, 4) is 5.75 Å². The monoisotopic (exact) mass is 254 g/mol. The molecule has 0 aliphatic carbocycles. The van der Waals surface area contributed by atoms with Gasteiger partial charge in [0.05, 0.1) is 17.8 Å². The van der Waals surface area contributed by atoms with Crippen molar-refractivity contribution in [3.63, 3.8) is 0 Å². The van der Waals surface area contributed by atoms with E-state index >= 15 is 0 Å². The number of rotatable bonds is 2. The number of piperidine rings is 1. The van der Waals surface area contributed by atoms with Gasteiger partial charge in [-0.25, -0.2) is 0 Å². The molecular weight excluding hydrogens is 236 g/mol. The van der Waals surface area contributed by atoms with Crippen LogP contribution < -0.4 is 15.4 Å². The van der Waals surface area contributed by atoms with Crippen molar-refractivity contribution in [2.24, 2.45) is 0 Å². The standard InChI is InChI=1S/C13H19ClN2O/c1-9-5-3-4-6-16(9)13-11(14)7-10(15)8-12(13)17-2/h7-9H,3-6,15H2,1-2H3/t9-/m0/s1. The fraction of sp³-hybridized carbons (Fsp3) is 0.538. The zero-order chi connectivity index (χ0) is 12.4. The molecule has 0 radical (unpaired) electrons. The molecule has 0 saturated carbocycles. The molecule has 1 heterocycles. The summed E-state index contributed by atoms with van der Waals surface area (Å²) in [5.74, 6) is 0.767. The molecule has 0 unspecified atom stereocenters. The van der Waals surface area contributed by atoms with E-state index in [0.29, 0.717) is 16.8 Å². The van der Waals surface area contributed by atoms with E-state index in [1.54, 1.807) is 13.2 Å². The number of ether oxygens (including phenoxy) is 1. The smallest absolute Gasteiger partial charge is 0.145 e. The number of nitrogens with zero attached hydrogens (tertiary/aromatic N) is 1. The van der Waals surface area contributed by atoms with E-state index in [-0.39, 0.29) is 0 Å². The molecule has 0 amide bonds. The number of hydrogen-bond donors (Lipinski definition) is 1. The van der Waals surface area contributed by atoms with Gasteiger partial charge in [0.2, 0.25) is 0 Å². The summed E-state index contributed by atoms with van der Waals surface area (Å²) in [7, 11) is 1.66. The van der Waals surface area contributed by atoms with Crippen LogP contribution >= 0.6 is 11.6 Å². The molecule has 1 aliphatic heterocycles. The molecule has 94 valence electrons. The summed E-state index contributed by atoms with van der Waals surface area (Å²) >= 11 is 6.31. The first kappa shape index (κ1) is 12.4. The van der Waals surface area contributed by atoms with Gasteiger partial charge in [-0.05, 0) is 32.3 Å². The van der Waals surface area contributed by atoms with Gasteiger partial charge in [-0.3, -0.25) is 0 Å². The second kappa shape index (κ2) is 5.05. The van der Waals surface area contributed by atoms with E-state index in [9.17, 15) is 0 Å². The van der Waals surface area contributed by atoms with Crippen molar-refractivity contribution < 1.29 is 4.74 Å². The Morgan fingerprint density at radius 2 is 2.18 bits per heavy atom. The molecule has 2 rings (SSSR count). The summed E-state index contributed by atoms with van der Waals surface area (Å²) < 4.78 is 5.40. The lowest BCUT2D eigenvalue weighted by atomic mass is 10.0. The van der Waals surface area contributed by atoms with Crippen LogP contribution in [0.4, 0.5) is 11.4 Å². The summed E-state index contributed by atoms with van der Waals surface area (Å²) in [6, 6.07) is 4.13. The number of methoxy groups -OCH3 is 1. The Kier molecular flexibility index (Phi) is 3.67. The van der Waals surface area contributed by atoms with Crippen molar-refractivity contribution in [3.05, 3.63) is 17.2 Å². The largest absolute Gasteiger partial charge is 0.494 e. The Bertz CT molecular complexity index is 409. The summed E-state index contributed by atoms with van der Waals surface area (Å²) in [6.07, 6.45) is 3.69. The number of hydrogen-bond acceptors (Lipinski definition) is 3. The normalized spacial score (nSPS) is 20.4. The summed E-state index contributed by atoms with van der Waals surface area (Å²) in [6.45, 7) is 3.26. The van der Waals surface area contributed by atoms with Gasteiger partial charge in [-0.2, -0.15) is 0 Å². The van der Waals surface area contributed by atoms with Crippen LogP contribution in [0.15, 0.2) is 12.1 Å². The van der Waals surface area contributed by atoms with Crippen LogP contribution in [0.25, 0.3) is 0 Å². The van der Waals surface area contributed by atoms with Crippen molar-refractivity contribution >= 4 is 23.0 Å². The zero-order valence-corrected chi connectivity index (χ0v) is 11.1. The Morgan fingerprint density at radius 3 is 2.82 bits per heavy atom.